The Labute approximate surface area is 502 Å². The molecule has 0 saturated carbocycles. The second-order valence-corrected chi connectivity index (χ2v) is 25.7. The number of carbonyl (C=O) groups excluding carboxylic acids is 2. The van der Waals surface area contributed by atoms with Crippen molar-refractivity contribution in [3.63, 3.8) is 0 Å². The molecule has 0 aromatic heterocycles. The number of hydrogen-bond donors (Lipinski definition) is 1. The molecule has 81 heavy (non-hydrogen) atoms. The number of amides is 1. The van der Waals surface area contributed by atoms with E-state index in [0.29, 0.717) is 17.4 Å². The smallest absolute Gasteiger partial charge is 0.306 e. The van der Waals surface area contributed by atoms with Crippen LogP contribution in [0.15, 0.2) is 72.9 Å². The van der Waals surface area contributed by atoms with Crippen LogP contribution in [0.2, 0.25) is 0 Å². The number of nitrogens with zero attached hydrogens (tertiary/aromatic N) is 1. The molecule has 0 rings (SSSR count). The van der Waals surface area contributed by atoms with Crippen molar-refractivity contribution in [2.75, 3.05) is 40.9 Å². The van der Waals surface area contributed by atoms with E-state index in [2.05, 4.69) is 86.8 Å². The predicted octanol–water partition coefficient (Wildman–Crippen LogP) is 20.9. The van der Waals surface area contributed by atoms with Crippen molar-refractivity contribution < 1.29 is 37.3 Å². The van der Waals surface area contributed by atoms with Gasteiger partial charge in [0.05, 0.1) is 33.8 Å². The lowest BCUT2D eigenvalue weighted by atomic mass is 10.0. The summed E-state index contributed by atoms with van der Waals surface area (Å²) in [5.41, 5.74) is 0. The third-order valence-electron chi connectivity index (χ3n) is 15.1. The zero-order valence-electron chi connectivity index (χ0n) is 54.0. The average Bonchev–Trinajstić information content (AvgIpc) is 3.44. The van der Waals surface area contributed by atoms with Gasteiger partial charge in [0, 0.05) is 12.8 Å². The highest BCUT2D eigenvalue weighted by molar-refractivity contribution is 7.45. The Kier molecular flexibility index (Phi) is 58.7. The van der Waals surface area contributed by atoms with Crippen molar-refractivity contribution in [1.29, 1.82) is 0 Å². The fourth-order valence-electron chi connectivity index (χ4n) is 9.80. The minimum Gasteiger partial charge on any atom is -0.756 e. The van der Waals surface area contributed by atoms with E-state index < -0.39 is 26.6 Å². The molecule has 0 spiro atoms. The van der Waals surface area contributed by atoms with Crippen LogP contribution in [0.1, 0.15) is 316 Å². The van der Waals surface area contributed by atoms with Crippen LogP contribution in [0.4, 0.5) is 0 Å². The van der Waals surface area contributed by atoms with Gasteiger partial charge in [-0.1, -0.05) is 274 Å². The van der Waals surface area contributed by atoms with Crippen molar-refractivity contribution in [3.8, 4) is 0 Å². The van der Waals surface area contributed by atoms with Crippen LogP contribution in [0.25, 0.3) is 0 Å². The number of phosphoric acid groups is 1. The number of quaternary nitrogens is 1. The van der Waals surface area contributed by atoms with Gasteiger partial charge in [-0.3, -0.25) is 14.2 Å². The molecule has 10 heteroatoms. The van der Waals surface area contributed by atoms with Gasteiger partial charge in [-0.2, -0.15) is 0 Å². The molecular weight excluding hydrogens is 1020 g/mol. The van der Waals surface area contributed by atoms with Gasteiger partial charge >= 0.3 is 5.97 Å². The van der Waals surface area contributed by atoms with Crippen LogP contribution in [0, 0.1) is 0 Å². The molecule has 0 aromatic carbocycles. The minimum absolute atomic E-state index is 0.0252. The van der Waals surface area contributed by atoms with Gasteiger partial charge < -0.3 is 28.5 Å². The standard InChI is InChI=1S/C71H131N2O7P/c1-7-10-13-16-19-22-25-27-29-31-32-33-34-35-36-37-38-39-40-42-44-46-49-52-55-58-61-64-71(75)80-69(62-59-56-53-50-47-24-21-18-15-12-9-3)68(67-79-81(76,77)78-66-65-73(4,5)6)72-70(74)63-60-57-54-51-48-45-43-41-30-28-26-23-20-17-14-11-8-2/h19-20,22-23,27-30,32-33,59,62,68-69H,7-18,21,24-26,31,34-58,60-61,63-67H2,1-6H3,(H-,72,74,76,77)/b22-19-,23-20-,29-27-,30-28-,33-32-,62-59-. The van der Waals surface area contributed by atoms with Crippen LogP contribution in [-0.2, 0) is 27.9 Å². The first-order valence-electron chi connectivity index (χ1n) is 34.2. The lowest BCUT2D eigenvalue weighted by Gasteiger charge is -2.30. The second-order valence-electron chi connectivity index (χ2n) is 24.3. The van der Waals surface area contributed by atoms with Crippen molar-refractivity contribution in [2.45, 2.75) is 328 Å². The lowest BCUT2D eigenvalue weighted by Crippen LogP contribution is -2.47. The number of allylic oxidation sites excluding steroid dienone is 11. The largest absolute Gasteiger partial charge is 0.756 e. The number of rotatable bonds is 62. The Morgan fingerprint density at radius 1 is 0.432 bits per heavy atom. The number of hydrogen-bond acceptors (Lipinski definition) is 7. The molecule has 0 aliphatic heterocycles. The van der Waals surface area contributed by atoms with Crippen LogP contribution in [-0.4, -0.2) is 69.4 Å². The summed E-state index contributed by atoms with van der Waals surface area (Å²) in [6.45, 7) is 6.80. The normalized spacial score (nSPS) is 14.0. The molecule has 0 radical (unpaired) electrons. The summed E-state index contributed by atoms with van der Waals surface area (Å²) in [5, 5.41) is 3.03. The highest BCUT2D eigenvalue weighted by atomic mass is 31.2. The number of ether oxygens (including phenoxy) is 1. The lowest BCUT2D eigenvalue weighted by molar-refractivity contribution is -0.870. The number of nitrogens with one attached hydrogen (secondary N) is 1. The van der Waals surface area contributed by atoms with Crippen molar-refractivity contribution >= 4 is 19.7 Å². The topological polar surface area (TPSA) is 114 Å². The third-order valence-corrected chi connectivity index (χ3v) is 16.1. The maximum atomic E-state index is 13.5. The molecule has 1 N–H and O–H groups in total. The van der Waals surface area contributed by atoms with Gasteiger partial charge in [-0.05, 0) is 102 Å². The van der Waals surface area contributed by atoms with E-state index in [1.807, 2.05) is 33.3 Å². The highest BCUT2D eigenvalue weighted by Crippen LogP contribution is 2.38. The van der Waals surface area contributed by atoms with E-state index in [1.165, 1.54) is 193 Å². The average molecular weight is 1160 g/mol. The van der Waals surface area contributed by atoms with E-state index in [9.17, 15) is 19.0 Å². The Morgan fingerprint density at radius 3 is 1.15 bits per heavy atom. The summed E-state index contributed by atoms with van der Waals surface area (Å²) in [5.74, 6) is -0.544. The predicted molar refractivity (Wildman–Crippen MR) is 348 cm³/mol. The summed E-state index contributed by atoms with van der Waals surface area (Å²) in [4.78, 5) is 40.1. The van der Waals surface area contributed by atoms with Gasteiger partial charge in [-0.15, -0.1) is 0 Å². The molecule has 0 aromatic rings. The fourth-order valence-corrected chi connectivity index (χ4v) is 10.5. The van der Waals surface area contributed by atoms with Crippen LogP contribution in [0.5, 0.6) is 0 Å². The molecule has 472 valence electrons. The van der Waals surface area contributed by atoms with Gasteiger partial charge in [0.25, 0.3) is 7.82 Å². The maximum absolute atomic E-state index is 13.5. The van der Waals surface area contributed by atoms with E-state index in [-0.39, 0.29) is 24.9 Å². The van der Waals surface area contributed by atoms with E-state index in [0.717, 1.165) is 89.9 Å². The van der Waals surface area contributed by atoms with Crippen LogP contribution < -0.4 is 10.2 Å². The summed E-state index contributed by atoms with van der Waals surface area (Å²) in [6, 6.07) is -0.894. The number of phosphoric ester groups is 1. The molecule has 1 amide bonds. The fraction of sp³-hybridized carbons (Fsp3) is 0.803. The Morgan fingerprint density at radius 2 is 0.753 bits per heavy atom. The third kappa shape index (κ3) is 61.8. The maximum Gasteiger partial charge on any atom is 0.306 e. The molecular formula is C71H131N2O7P. The van der Waals surface area contributed by atoms with Gasteiger partial charge in [0.2, 0.25) is 5.91 Å². The monoisotopic (exact) mass is 1150 g/mol. The van der Waals surface area contributed by atoms with Crippen molar-refractivity contribution in [3.05, 3.63) is 72.9 Å². The number of unbranched alkanes of at least 4 members (excludes halogenated alkanes) is 36. The first kappa shape index (κ1) is 78.5. The first-order valence-corrected chi connectivity index (χ1v) is 35.7. The molecule has 0 aliphatic carbocycles. The van der Waals surface area contributed by atoms with Crippen LogP contribution in [0.3, 0.4) is 0 Å². The van der Waals surface area contributed by atoms with E-state index in [4.69, 9.17) is 13.8 Å². The summed E-state index contributed by atoms with van der Waals surface area (Å²) < 4.78 is 30.4. The first-order chi connectivity index (χ1) is 39.4. The van der Waals surface area contributed by atoms with Crippen molar-refractivity contribution in [2.24, 2.45) is 0 Å². The molecule has 0 aliphatic rings. The highest BCUT2D eigenvalue weighted by Gasteiger charge is 2.27. The van der Waals surface area contributed by atoms with Gasteiger partial charge in [-0.25, -0.2) is 0 Å². The molecule has 9 nitrogen and oxygen atoms in total. The minimum atomic E-state index is -4.70. The SMILES string of the molecule is CCCCC/C=C\C/C=C\C/C=C\CCCCCCCCCCCCCCCCC(=O)OC(/C=C\CCCCCCCCCCC)C(COP(=O)([O-])OCC[N+](C)(C)C)NC(=O)CCCCCCCCC/C=C\C/C=C\CCCCC. The Balaban J connectivity index is 5.02. The quantitative estimate of drug-likeness (QED) is 0.0212. The summed E-state index contributed by atoms with van der Waals surface area (Å²) in [7, 11) is 1.18. The molecule has 0 bridgehead atoms. The van der Waals surface area contributed by atoms with Gasteiger partial charge in [0.1, 0.15) is 19.3 Å². The van der Waals surface area contributed by atoms with Crippen LogP contribution >= 0.6 is 7.82 Å². The zero-order chi connectivity index (χ0) is 59.3. The number of esters is 1. The molecule has 0 heterocycles. The second kappa shape index (κ2) is 60.6. The summed E-state index contributed by atoms with van der Waals surface area (Å²) in [6.07, 6.45) is 78.8. The Hall–Kier alpha value is -2.55. The zero-order valence-corrected chi connectivity index (χ0v) is 54.9. The number of likely N-dealkylation sites (N-methyl/N-ethyl adjacent to an activating group) is 1. The van der Waals surface area contributed by atoms with E-state index in [1.54, 1.807) is 0 Å². The van der Waals surface area contributed by atoms with Gasteiger partial charge in [0.15, 0.2) is 0 Å². The van der Waals surface area contributed by atoms with Crippen molar-refractivity contribution in [1.82, 2.24) is 5.32 Å². The van der Waals surface area contributed by atoms with E-state index >= 15 is 0 Å². The Bertz CT molecular complexity index is 1620. The summed E-state index contributed by atoms with van der Waals surface area (Å²) >= 11 is 0. The molecule has 0 fully saturated rings. The molecule has 3 atom stereocenters. The molecule has 0 saturated heterocycles. The number of carbonyl (C=O) groups is 2. The molecule has 3 unspecified atom stereocenters.